The topological polar surface area (TPSA) is 86.8 Å². The third-order valence-electron chi connectivity index (χ3n) is 4.97. The second kappa shape index (κ2) is 9.10. The largest absolute Gasteiger partial charge is 0.493 e. The highest BCUT2D eigenvalue weighted by atomic mass is 32.2. The Labute approximate surface area is 197 Å². The van der Waals surface area contributed by atoms with Gasteiger partial charge in [0.25, 0.3) is 0 Å². The van der Waals surface area contributed by atoms with E-state index in [-0.39, 0.29) is 22.2 Å². The summed E-state index contributed by atoms with van der Waals surface area (Å²) in [7, 11) is -1.71. The number of nitrogens with one attached hydrogen (secondary N) is 1. The van der Waals surface area contributed by atoms with Gasteiger partial charge >= 0.3 is 6.18 Å². The van der Waals surface area contributed by atoms with Crippen molar-refractivity contribution in [2.45, 2.75) is 6.18 Å². The summed E-state index contributed by atoms with van der Waals surface area (Å²) in [6.45, 7) is 0. The zero-order chi connectivity index (χ0) is 25.4. The minimum atomic E-state index is -4.90. The first-order chi connectivity index (χ1) is 16.5. The Bertz CT molecular complexity index is 1520. The average molecular weight is 510 g/mol. The van der Waals surface area contributed by atoms with Gasteiger partial charge in [0.1, 0.15) is 5.75 Å². The summed E-state index contributed by atoms with van der Waals surface area (Å²) in [6, 6.07) is 11.3. The summed E-state index contributed by atoms with van der Waals surface area (Å²) in [6.07, 6.45) is -3.41. The molecule has 3 aromatic carbocycles. The minimum absolute atomic E-state index is 0.0823. The second-order valence-electron chi connectivity index (χ2n) is 7.43. The van der Waals surface area contributed by atoms with Crippen LogP contribution in [0.15, 0.2) is 54.7 Å². The Balaban J connectivity index is 1.67. The van der Waals surface area contributed by atoms with Gasteiger partial charge in [-0.3, -0.25) is 9.71 Å². The minimum Gasteiger partial charge on any atom is -0.493 e. The predicted molar refractivity (Wildman–Crippen MR) is 122 cm³/mol. The maximum absolute atomic E-state index is 15.2. The van der Waals surface area contributed by atoms with Gasteiger partial charge in [0, 0.05) is 28.7 Å². The number of fused-ring (bicyclic) bond motifs is 2. The molecule has 35 heavy (non-hydrogen) atoms. The van der Waals surface area contributed by atoms with Crippen molar-refractivity contribution in [3.05, 3.63) is 60.5 Å². The molecule has 0 amide bonds. The molecule has 0 aliphatic carbocycles. The number of hydrogen-bond acceptors (Lipinski definition) is 6. The standard InChI is InChI=1S/C23H18F4N2O5S/c1-32-20-10-16-17(11-21(20)33-2)28-8-7-18(16)34-19-6-3-13-9-14(4-5-15(13)22(19)24)29-35(30,31)12-23(25,26)27/h3-11,29H,12H2,1-2H3. The lowest BCUT2D eigenvalue weighted by atomic mass is 10.1. The lowest BCUT2D eigenvalue weighted by Gasteiger charge is -2.14. The number of benzene rings is 3. The first-order valence-electron chi connectivity index (χ1n) is 9.98. The van der Waals surface area contributed by atoms with Crippen molar-refractivity contribution in [1.29, 1.82) is 0 Å². The van der Waals surface area contributed by atoms with Crippen LogP contribution >= 0.6 is 0 Å². The third kappa shape index (κ3) is 5.32. The monoisotopic (exact) mass is 510 g/mol. The quantitative estimate of drug-likeness (QED) is 0.324. The Morgan fingerprint density at radius 3 is 2.29 bits per heavy atom. The summed E-state index contributed by atoms with van der Waals surface area (Å²) in [5.74, 6) is -1.70. The Morgan fingerprint density at radius 1 is 0.886 bits per heavy atom. The molecular weight excluding hydrogens is 492 g/mol. The van der Waals surface area contributed by atoms with Crippen LogP contribution in [0.3, 0.4) is 0 Å². The van der Waals surface area contributed by atoms with Crippen LogP contribution in [0.5, 0.6) is 23.0 Å². The third-order valence-corrected chi connectivity index (χ3v) is 6.23. The van der Waals surface area contributed by atoms with Crippen molar-refractivity contribution in [2.75, 3.05) is 24.7 Å². The fourth-order valence-electron chi connectivity index (χ4n) is 3.50. The molecule has 0 aliphatic heterocycles. The molecule has 0 fully saturated rings. The summed E-state index contributed by atoms with van der Waals surface area (Å²) >= 11 is 0. The van der Waals surface area contributed by atoms with Crippen LogP contribution in [0.1, 0.15) is 0 Å². The van der Waals surface area contributed by atoms with Crippen LogP contribution in [0, 0.1) is 5.82 Å². The van der Waals surface area contributed by atoms with Gasteiger partial charge in [0.2, 0.25) is 10.0 Å². The summed E-state index contributed by atoms with van der Waals surface area (Å²) < 4.78 is 94.3. The lowest BCUT2D eigenvalue weighted by Crippen LogP contribution is -2.27. The van der Waals surface area contributed by atoms with E-state index >= 15 is 4.39 Å². The number of sulfonamides is 1. The van der Waals surface area contributed by atoms with E-state index in [2.05, 4.69) is 4.98 Å². The smallest absolute Gasteiger partial charge is 0.404 e. The molecule has 1 aromatic heterocycles. The van der Waals surface area contributed by atoms with Crippen LogP contribution < -0.4 is 18.9 Å². The van der Waals surface area contributed by atoms with Gasteiger partial charge in [0.05, 0.1) is 19.7 Å². The molecule has 0 radical (unpaired) electrons. The van der Waals surface area contributed by atoms with Crippen molar-refractivity contribution >= 4 is 37.4 Å². The van der Waals surface area contributed by atoms with Crippen molar-refractivity contribution in [3.63, 3.8) is 0 Å². The molecular formula is C23H18F4N2O5S. The molecule has 184 valence electrons. The first-order valence-corrected chi connectivity index (χ1v) is 11.6. The number of pyridine rings is 1. The molecule has 12 heteroatoms. The number of hydrogen-bond donors (Lipinski definition) is 1. The Kier molecular flexibility index (Phi) is 6.32. The van der Waals surface area contributed by atoms with Crippen LogP contribution in [-0.4, -0.2) is 39.6 Å². The van der Waals surface area contributed by atoms with E-state index in [1.54, 1.807) is 18.2 Å². The Hall–Kier alpha value is -3.80. The highest BCUT2D eigenvalue weighted by Crippen LogP contribution is 2.38. The zero-order valence-electron chi connectivity index (χ0n) is 18.3. The van der Waals surface area contributed by atoms with E-state index in [9.17, 15) is 21.6 Å². The molecule has 0 unspecified atom stereocenters. The SMILES string of the molecule is COc1cc2nccc(Oc3ccc4cc(NS(=O)(=O)CC(F)(F)F)ccc4c3F)c2cc1OC. The molecule has 0 spiro atoms. The molecule has 1 heterocycles. The van der Waals surface area contributed by atoms with E-state index in [0.717, 1.165) is 0 Å². The number of halogens is 4. The van der Waals surface area contributed by atoms with Crippen molar-refractivity contribution < 1.29 is 40.2 Å². The molecule has 1 N–H and O–H groups in total. The average Bonchev–Trinajstić information content (AvgIpc) is 2.78. The Morgan fingerprint density at radius 2 is 1.60 bits per heavy atom. The number of alkyl halides is 3. The van der Waals surface area contributed by atoms with Gasteiger partial charge in [-0.25, -0.2) is 12.8 Å². The van der Waals surface area contributed by atoms with E-state index in [1.807, 2.05) is 4.72 Å². The van der Waals surface area contributed by atoms with E-state index in [1.165, 1.54) is 50.7 Å². The number of ether oxygens (including phenoxy) is 3. The van der Waals surface area contributed by atoms with E-state index < -0.39 is 27.8 Å². The van der Waals surface area contributed by atoms with Crippen LogP contribution in [0.25, 0.3) is 21.7 Å². The van der Waals surface area contributed by atoms with Gasteiger partial charge in [-0.05, 0) is 41.8 Å². The number of methoxy groups -OCH3 is 2. The first kappa shape index (κ1) is 24.3. The van der Waals surface area contributed by atoms with Crippen LogP contribution in [0.4, 0.5) is 23.2 Å². The van der Waals surface area contributed by atoms with Gasteiger partial charge in [0.15, 0.2) is 28.8 Å². The molecule has 4 aromatic rings. The van der Waals surface area contributed by atoms with Gasteiger partial charge < -0.3 is 14.2 Å². The lowest BCUT2D eigenvalue weighted by molar-refractivity contribution is -0.106. The maximum atomic E-state index is 15.2. The van der Waals surface area contributed by atoms with Gasteiger partial charge in [-0.2, -0.15) is 13.2 Å². The molecule has 7 nitrogen and oxygen atoms in total. The number of aromatic nitrogens is 1. The van der Waals surface area contributed by atoms with Crippen molar-refractivity contribution in [3.8, 4) is 23.0 Å². The molecule has 0 aliphatic rings. The number of anilines is 1. The number of nitrogens with zero attached hydrogens (tertiary/aromatic N) is 1. The fourth-order valence-corrected chi connectivity index (χ4v) is 4.49. The molecule has 4 rings (SSSR count). The fraction of sp³-hybridized carbons (Fsp3) is 0.174. The van der Waals surface area contributed by atoms with E-state index in [0.29, 0.717) is 28.2 Å². The molecule has 0 atom stereocenters. The second-order valence-corrected chi connectivity index (χ2v) is 9.15. The van der Waals surface area contributed by atoms with E-state index in [4.69, 9.17) is 14.2 Å². The van der Waals surface area contributed by atoms with Gasteiger partial charge in [-0.1, -0.05) is 6.07 Å². The molecule has 0 saturated heterocycles. The normalized spacial score (nSPS) is 12.1. The van der Waals surface area contributed by atoms with Crippen molar-refractivity contribution in [2.24, 2.45) is 0 Å². The van der Waals surface area contributed by atoms with Crippen LogP contribution in [0.2, 0.25) is 0 Å². The number of rotatable bonds is 7. The van der Waals surface area contributed by atoms with Crippen LogP contribution in [-0.2, 0) is 10.0 Å². The highest BCUT2D eigenvalue weighted by molar-refractivity contribution is 7.92. The van der Waals surface area contributed by atoms with Gasteiger partial charge in [-0.15, -0.1) is 0 Å². The summed E-state index contributed by atoms with van der Waals surface area (Å²) in [5, 5.41) is 0.881. The maximum Gasteiger partial charge on any atom is 0.404 e. The molecule has 0 saturated carbocycles. The summed E-state index contributed by atoms with van der Waals surface area (Å²) in [5.41, 5.74) is 0.396. The van der Waals surface area contributed by atoms with Crippen molar-refractivity contribution in [1.82, 2.24) is 4.98 Å². The zero-order valence-corrected chi connectivity index (χ0v) is 19.1. The predicted octanol–water partition coefficient (Wildman–Crippen LogP) is 5.64. The summed E-state index contributed by atoms with van der Waals surface area (Å²) in [4.78, 5) is 4.27. The highest BCUT2D eigenvalue weighted by Gasteiger charge is 2.35. The molecule has 0 bridgehead atoms.